The minimum absolute atomic E-state index is 0.00337. The molecule has 4 fully saturated rings. The van der Waals surface area contributed by atoms with E-state index >= 15 is 0 Å². The molecule has 5 aliphatic rings. The fourth-order valence-corrected chi connectivity index (χ4v) is 11.0. The number of allylic oxidation sites excluding steroid dienone is 1. The number of alkyl halides is 1. The van der Waals surface area contributed by atoms with Gasteiger partial charge in [-0.15, -0.1) is 0 Å². The zero-order valence-electron chi connectivity index (χ0n) is 29.5. The zero-order valence-corrected chi connectivity index (χ0v) is 31.7. The molecule has 0 aromatic heterocycles. The van der Waals surface area contributed by atoms with Gasteiger partial charge in [-0.3, -0.25) is 19.2 Å². The molecular weight excluding hydrogens is 735 g/mol. The van der Waals surface area contributed by atoms with Gasteiger partial charge in [-0.1, -0.05) is 61.4 Å². The second kappa shape index (κ2) is 13.2. The molecule has 5 rings (SSSR count). The second-order valence-corrected chi connectivity index (χ2v) is 17.5. The van der Waals surface area contributed by atoms with Gasteiger partial charge in [0.25, 0.3) is 0 Å². The SMILES string of the molecule is CC(=O)O[C@@H]1[C@@H](I)[C@H](OC[C@@]23C[C@@H]4[C@H](C)CC[C@H]4[C@@]4(C=O)C[C@@H]2C=C(C(C)C)[C@@]34C(=O)OCOC(=O)C(C)(C)C)O[C@H](C)[C@H]1OC(C)=O. The van der Waals surface area contributed by atoms with Gasteiger partial charge in [0.05, 0.1) is 23.5 Å². The number of esters is 4. The van der Waals surface area contributed by atoms with E-state index < -0.39 is 80.9 Å². The lowest BCUT2D eigenvalue weighted by Crippen LogP contribution is -2.64. The third-order valence-electron chi connectivity index (χ3n) is 11.9. The Kier molecular flexibility index (Phi) is 10.3. The van der Waals surface area contributed by atoms with Crippen LogP contribution in [0.5, 0.6) is 0 Å². The second-order valence-electron chi connectivity index (χ2n) is 16.0. The summed E-state index contributed by atoms with van der Waals surface area (Å²) < 4.78 is 35.0. The van der Waals surface area contributed by atoms with Crippen molar-refractivity contribution in [2.75, 3.05) is 13.4 Å². The molecule has 12 atom stereocenters. The Morgan fingerprint density at radius 1 is 1.02 bits per heavy atom. The van der Waals surface area contributed by atoms with Crippen LogP contribution >= 0.6 is 22.6 Å². The lowest BCUT2D eigenvalue weighted by atomic mass is 9.43. The molecule has 48 heavy (non-hydrogen) atoms. The summed E-state index contributed by atoms with van der Waals surface area (Å²) in [6, 6.07) is 0. The van der Waals surface area contributed by atoms with Crippen molar-refractivity contribution in [1.29, 1.82) is 0 Å². The number of fused-ring (bicyclic) bond motifs is 2. The molecule has 3 saturated carbocycles. The Labute approximate surface area is 297 Å². The highest BCUT2D eigenvalue weighted by Crippen LogP contribution is 2.83. The summed E-state index contributed by atoms with van der Waals surface area (Å²) in [4.78, 5) is 65.3. The Bertz CT molecular complexity index is 1350. The van der Waals surface area contributed by atoms with Crippen molar-refractivity contribution in [3.8, 4) is 0 Å². The number of rotatable bonds is 10. The van der Waals surface area contributed by atoms with Crippen LogP contribution in [0.25, 0.3) is 0 Å². The van der Waals surface area contributed by atoms with Crippen molar-refractivity contribution < 1.29 is 52.4 Å². The third kappa shape index (κ3) is 5.63. The predicted molar refractivity (Wildman–Crippen MR) is 180 cm³/mol. The van der Waals surface area contributed by atoms with Crippen LogP contribution in [0.3, 0.4) is 0 Å². The monoisotopic (exact) mass is 786 g/mol. The highest BCUT2D eigenvalue weighted by Gasteiger charge is 2.84. The maximum Gasteiger partial charge on any atom is 0.320 e. The van der Waals surface area contributed by atoms with E-state index in [2.05, 4.69) is 35.6 Å². The summed E-state index contributed by atoms with van der Waals surface area (Å²) in [5.74, 6) is -1.77. The first-order chi connectivity index (χ1) is 22.4. The first-order valence-corrected chi connectivity index (χ1v) is 18.4. The third-order valence-corrected chi connectivity index (χ3v) is 13.2. The lowest BCUT2D eigenvalue weighted by Gasteiger charge is -2.59. The van der Waals surface area contributed by atoms with Gasteiger partial charge in [0, 0.05) is 19.3 Å². The predicted octanol–water partition coefficient (Wildman–Crippen LogP) is 5.34. The topological polar surface area (TPSA) is 141 Å². The van der Waals surface area contributed by atoms with Crippen LogP contribution in [0.1, 0.15) is 88.0 Å². The van der Waals surface area contributed by atoms with E-state index in [4.69, 9.17) is 28.4 Å². The van der Waals surface area contributed by atoms with Crippen molar-refractivity contribution in [1.82, 2.24) is 0 Å². The van der Waals surface area contributed by atoms with E-state index in [-0.39, 0.29) is 30.3 Å². The smallest absolute Gasteiger partial charge is 0.320 e. The standard InChI is InChI=1S/C36H51IO11/c1-18(2)26-12-23-13-34(15-38)25-11-10-19(3)24(25)14-35(23,36(26,34)32(42)45-17-44-31(41)33(7,8)9)16-43-30-27(37)29(48-22(6)40)28(20(4)46-30)47-21(5)39/h12,15,18-20,23-25,27-30H,10-11,13-14,16-17H2,1-9H3/t19-,20-,23+,24-,25-,27-,28-,29-,30-,34+,35+,36+/m1/s1. The number of aldehydes is 1. The van der Waals surface area contributed by atoms with Gasteiger partial charge in [-0.25, -0.2) is 0 Å². The number of carbonyl (C=O) groups excluding carboxylic acids is 5. The highest BCUT2D eigenvalue weighted by molar-refractivity contribution is 14.1. The van der Waals surface area contributed by atoms with E-state index in [1.54, 1.807) is 27.7 Å². The molecule has 0 aromatic rings. The Balaban J connectivity index is 1.54. The maximum atomic E-state index is 14.9. The lowest BCUT2D eigenvalue weighted by molar-refractivity contribution is -0.264. The molecule has 4 aliphatic carbocycles. The Morgan fingerprint density at radius 2 is 1.67 bits per heavy atom. The van der Waals surface area contributed by atoms with Gasteiger partial charge < -0.3 is 33.2 Å². The largest absolute Gasteiger partial charge is 0.457 e. The van der Waals surface area contributed by atoms with Crippen LogP contribution < -0.4 is 0 Å². The summed E-state index contributed by atoms with van der Waals surface area (Å²) in [6.07, 6.45) is 2.96. The van der Waals surface area contributed by atoms with Crippen LogP contribution in [-0.2, 0) is 52.4 Å². The van der Waals surface area contributed by atoms with E-state index in [0.29, 0.717) is 18.8 Å². The Morgan fingerprint density at radius 3 is 2.25 bits per heavy atom. The van der Waals surface area contributed by atoms with Gasteiger partial charge in [0.2, 0.25) is 6.79 Å². The average molecular weight is 787 g/mol. The van der Waals surface area contributed by atoms with E-state index in [1.807, 2.05) is 13.8 Å². The normalized spacial score (nSPS) is 41.3. The molecule has 1 heterocycles. The van der Waals surface area contributed by atoms with Gasteiger partial charge in [-0.2, -0.15) is 0 Å². The number of hydrogen-bond acceptors (Lipinski definition) is 11. The zero-order chi connectivity index (χ0) is 35.6. The fraction of sp³-hybridized carbons (Fsp3) is 0.806. The highest BCUT2D eigenvalue weighted by atomic mass is 127. The van der Waals surface area contributed by atoms with Crippen molar-refractivity contribution in [3.63, 3.8) is 0 Å². The minimum Gasteiger partial charge on any atom is -0.457 e. The summed E-state index contributed by atoms with van der Waals surface area (Å²) in [7, 11) is 0. The molecule has 0 spiro atoms. The molecular formula is C36H51IO11. The molecule has 11 nitrogen and oxygen atoms in total. The van der Waals surface area contributed by atoms with Crippen LogP contribution in [0, 0.1) is 51.2 Å². The molecule has 0 amide bonds. The maximum absolute atomic E-state index is 14.9. The quantitative estimate of drug-likeness (QED) is 0.0539. The molecule has 12 heteroatoms. The number of carbonyl (C=O) groups is 5. The first kappa shape index (κ1) is 37.2. The van der Waals surface area contributed by atoms with Crippen LogP contribution in [-0.4, -0.2) is 72.1 Å². The molecule has 1 saturated heterocycles. The van der Waals surface area contributed by atoms with E-state index in [9.17, 15) is 24.0 Å². The molecule has 4 bridgehead atoms. The minimum atomic E-state index is -1.34. The molecule has 268 valence electrons. The van der Waals surface area contributed by atoms with Gasteiger partial charge in [0.1, 0.15) is 15.6 Å². The molecule has 0 aromatic carbocycles. The van der Waals surface area contributed by atoms with Crippen LogP contribution in [0.2, 0.25) is 0 Å². The van der Waals surface area contributed by atoms with Gasteiger partial charge in [-0.05, 0) is 76.5 Å². The number of halogens is 1. The number of ether oxygens (including phenoxy) is 6. The number of hydrogen-bond donors (Lipinski definition) is 0. The van der Waals surface area contributed by atoms with Crippen molar-refractivity contribution in [3.05, 3.63) is 11.6 Å². The first-order valence-electron chi connectivity index (χ1n) is 17.2. The molecule has 1 aliphatic heterocycles. The van der Waals surface area contributed by atoms with Crippen molar-refractivity contribution in [2.24, 2.45) is 51.2 Å². The van der Waals surface area contributed by atoms with E-state index in [0.717, 1.165) is 24.7 Å². The van der Waals surface area contributed by atoms with Crippen LogP contribution in [0.4, 0.5) is 0 Å². The van der Waals surface area contributed by atoms with Crippen molar-refractivity contribution >= 4 is 52.8 Å². The summed E-state index contributed by atoms with van der Waals surface area (Å²) in [6.45, 7) is 15.3. The summed E-state index contributed by atoms with van der Waals surface area (Å²) in [5, 5.41) is 0. The molecule has 0 unspecified atom stereocenters. The summed E-state index contributed by atoms with van der Waals surface area (Å²) in [5.41, 5.74) is -3.11. The fourth-order valence-electron chi connectivity index (χ4n) is 10.1. The van der Waals surface area contributed by atoms with Gasteiger partial charge in [0.15, 0.2) is 18.5 Å². The van der Waals surface area contributed by atoms with E-state index in [1.165, 1.54) is 13.8 Å². The molecule has 0 radical (unpaired) electrons. The summed E-state index contributed by atoms with van der Waals surface area (Å²) >= 11 is 2.11. The van der Waals surface area contributed by atoms with Gasteiger partial charge >= 0.3 is 23.9 Å². The molecule has 0 N–H and O–H groups in total. The van der Waals surface area contributed by atoms with Crippen molar-refractivity contribution in [2.45, 2.75) is 117 Å². The average Bonchev–Trinajstić information content (AvgIpc) is 3.56. The van der Waals surface area contributed by atoms with Crippen LogP contribution in [0.15, 0.2) is 11.6 Å². The Hall–Kier alpha value is -2.06.